The van der Waals surface area contributed by atoms with Crippen molar-refractivity contribution in [1.82, 2.24) is 9.97 Å². The zero-order valence-electron chi connectivity index (χ0n) is 18.9. The lowest BCUT2D eigenvalue weighted by molar-refractivity contribution is -0.117. The number of benzene rings is 1. The monoisotopic (exact) mass is 437 g/mol. The number of fused-ring (bicyclic) bond motifs is 1. The van der Waals surface area contributed by atoms with Crippen LogP contribution in [0.25, 0.3) is 10.9 Å². The van der Waals surface area contributed by atoms with Crippen molar-refractivity contribution in [2.24, 2.45) is 22.4 Å². The largest absolute Gasteiger partial charge is 0.370 e. The molecule has 2 aromatic rings. The molecular weight excluding hydrogens is 402 g/mol. The van der Waals surface area contributed by atoms with Gasteiger partial charge in [-0.1, -0.05) is 43.7 Å². The Bertz CT molecular complexity index is 980. The molecule has 6 N–H and O–H groups in total. The number of anilines is 2. The number of carbonyl (C=O) groups excluding carboxylic acids is 1. The topological polar surface area (TPSA) is 131 Å². The zero-order chi connectivity index (χ0) is 22.5. The lowest BCUT2D eigenvalue weighted by atomic mass is 9.87. The number of aryl methyl sites for hydroxylation is 1. The number of aromatic nitrogens is 2. The molecule has 0 saturated heterocycles. The van der Waals surface area contributed by atoms with Gasteiger partial charge in [0.15, 0.2) is 5.96 Å². The molecule has 2 aliphatic rings. The number of guanidine groups is 1. The van der Waals surface area contributed by atoms with Crippen LogP contribution in [0.3, 0.4) is 0 Å². The molecule has 8 nitrogen and oxygen atoms in total. The van der Waals surface area contributed by atoms with E-state index in [1.807, 2.05) is 19.1 Å². The summed E-state index contributed by atoms with van der Waals surface area (Å²) < 4.78 is 0. The van der Waals surface area contributed by atoms with Gasteiger partial charge < -0.3 is 16.8 Å². The maximum absolute atomic E-state index is 12.7. The van der Waals surface area contributed by atoms with Gasteiger partial charge in [-0.15, -0.1) is 0 Å². The third-order valence-electron chi connectivity index (χ3n) is 6.67. The predicted molar refractivity (Wildman–Crippen MR) is 130 cm³/mol. The molecule has 2 saturated carbocycles. The molecule has 4 rings (SSSR count). The number of carbonyl (C=O) groups is 1. The van der Waals surface area contributed by atoms with E-state index in [9.17, 15) is 4.79 Å². The van der Waals surface area contributed by atoms with Crippen molar-refractivity contribution in [2.75, 3.05) is 10.6 Å². The summed E-state index contributed by atoms with van der Waals surface area (Å²) in [6.07, 6.45) is 10.6. The number of nitrogens with two attached hydrogens (primary N) is 2. The van der Waals surface area contributed by atoms with E-state index >= 15 is 0 Å². The van der Waals surface area contributed by atoms with Crippen LogP contribution in [0.4, 0.5) is 11.8 Å². The molecule has 2 unspecified atom stereocenters. The predicted octanol–water partition coefficient (Wildman–Crippen LogP) is 3.84. The van der Waals surface area contributed by atoms with Crippen LogP contribution in [0.15, 0.2) is 23.2 Å². The molecule has 172 valence electrons. The quantitative estimate of drug-likeness (QED) is 0.401. The molecular formula is C24H35N7O. The number of nitrogens with one attached hydrogen (secondary N) is 2. The number of rotatable bonds is 6. The first-order valence-corrected chi connectivity index (χ1v) is 11.9. The number of aliphatic imine (C=N–C) groups is 1. The molecule has 2 aliphatic carbocycles. The Labute approximate surface area is 189 Å². The third-order valence-corrected chi connectivity index (χ3v) is 6.67. The summed E-state index contributed by atoms with van der Waals surface area (Å²) in [5.74, 6) is 1.63. The van der Waals surface area contributed by atoms with Gasteiger partial charge >= 0.3 is 0 Å². The van der Waals surface area contributed by atoms with Crippen LogP contribution in [0, 0.1) is 12.8 Å². The molecule has 2 atom stereocenters. The van der Waals surface area contributed by atoms with E-state index in [1.165, 1.54) is 19.3 Å². The third kappa shape index (κ3) is 5.66. The Morgan fingerprint density at radius 2 is 1.81 bits per heavy atom. The van der Waals surface area contributed by atoms with Crippen LogP contribution in [-0.4, -0.2) is 33.9 Å². The molecule has 8 heteroatoms. The molecule has 1 aromatic carbocycles. The van der Waals surface area contributed by atoms with Crippen molar-refractivity contribution < 1.29 is 4.79 Å². The first kappa shape index (κ1) is 22.3. The number of nitrogens with zero attached hydrogens (tertiary/aromatic N) is 3. The molecule has 1 amide bonds. The standard InChI is InChI=1S/C24H35N7O/c1-15-11-12-18-17(13-15)22(27-19-9-5-6-10-20(19)28-23(25)26)31-24(29-18)30-21(32)14-16-7-3-2-4-8-16/h11-13,16,19-20H,2-10,14H2,1H3,(H4,25,26,28)(H2,27,29,30,31,32). The fourth-order valence-electron chi connectivity index (χ4n) is 5.04. The first-order valence-electron chi connectivity index (χ1n) is 11.9. The van der Waals surface area contributed by atoms with E-state index in [0.717, 1.165) is 55.0 Å². The summed E-state index contributed by atoms with van der Waals surface area (Å²) in [6.45, 7) is 2.05. The maximum Gasteiger partial charge on any atom is 0.231 e. The van der Waals surface area contributed by atoms with Gasteiger partial charge in [0.2, 0.25) is 11.9 Å². The lowest BCUT2D eigenvalue weighted by Gasteiger charge is -2.30. The van der Waals surface area contributed by atoms with E-state index in [2.05, 4.69) is 26.7 Å². The van der Waals surface area contributed by atoms with Gasteiger partial charge in [0.25, 0.3) is 0 Å². The van der Waals surface area contributed by atoms with Gasteiger partial charge in [0.05, 0.1) is 17.6 Å². The van der Waals surface area contributed by atoms with Gasteiger partial charge in [-0.3, -0.25) is 10.1 Å². The van der Waals surface area contributed by atoms with Crippen LogP contribution in [-0.2, 0) is 4.79 Å². The Morgan fingerprint density at radius 1 is 1.06 bits per heavy atom. The molecule has 0 aliphatic heterocycles. The lowest BCUT2D eigenvalue weighted by Crippen LogP contribution is -2.38. The average Bonchev–Trinajstić information content (AvgIpc) is 2.76. The second-order valence-corrected chi connectivity index (χ2v) is 9.33. The van der Waals surface area contributed by atoms with Crippen molar-refractivity contribution in [3.05, 3.63) is 23.8 Å². The second kappa shape index (κ2) is 10.1. The van der Waals surface area contributed by atoms with Crippen molar-refractivity contribution in [1.29, 1.82) is 0 Å². The van der Waals surface area contributed by atoms with E-state index < -0.39 is 0 Å². The Kier molecular flexibility index (Phi) is 7.07. The number of hydrogen-bond donors (Lipinski definition) is 4. The number of amides is 1. The summed E-state index contributed by atoms with van der Waals surface area (Å²) in [5.41, 5.74) is 13.3. The smallest absolute Gasteiger partial charge is 0.231 e. The summed E-state index contributed by atoms with van der Waals surface area (Å²) in [5, 5.41) is 7.46. The van der Waals surface area contributed by atoms with Crippen LogP contribution < -0.4 is 22.1 Å². The van der Waals surface area contributed by atoms with Crippen LogP contribution >= 0.6 is 0 Å². The Balaban J connectivity index is 1.58. The first-order chi connectivity index (χ1) is 15.5. The highest BCUT2D eigenvalue weighted by atomic mass is 16.1. The highest BCUT2D eigenvalue weighted by Crippen LogP contribution is 2.30. The van der Waals surface area contributed by atoms with E-state index in [0.29, 0.717) is 24.1 Å². The van der Waals surface area contributed by atoms with E-state index in [-0.39, 0.29) is 24.0 Å². The Hall–Kier alpha value is -2.90. The van der Waals surface area contributed by atoms with Gasteiger partial charge in [0.1, 0.15) is 5.82 Å². The molecule has 0 radical (unpaired) electrons. The highest BCUT2D eigenvalue weighted by molar-refractivity contribution is 5.94. The molecule has 2 fully saturated rings. The van der Waals surface area contributed by atoms with Crippen LogP contribution in [0.5, 0.6) is 0 Å². The molecule has 0 spiro atoms. The minimum Gasteiger partial charge on any atom is -0.370 e. The van der Waals surface area contributed by atoms with Crippen molar-refractivity contribution >= 4 is 34.5 Å². The van der Waals surface area contributed by atoms with E-state index in [4.69, 9.17) is 16.5 Å². The molecule has 0 bridgehead atoms. The highest BCUT2D eigenvalue weighted by Gasteiger charge is 2.26. The van der Waals surface area contributed by atoms with Crippen LogP contribution in [0.1, 0.15) is 69.8 Å². The fourth-order valence-corrected chi connectivity index (χ4v) is 5.04. The minimum absolute atomic E-state index is 0.00733. The van der Waals surface area contributed by atoms with Gasteiger partial charge in [-0.25, -0.2) is 9.98 Å². The molecule has 1 aromatic heterocycles. The SMILES string of the molecule is Cc1ccc2nc(NC(=O)CC3CCCCC3)nc(NC3CCCCC3N=C(N)N)c2c1. The zero-order valence-corrected chi connectivity index (χ0v) is 18.9. The number of hydrogen-bond acceptors (Lipinski definition) is 5. The fraction of sp³-hybridized carbons (Fsp3) is 0.583. The summed E-state index contributed by atoms with van der Waals surface area (Å²) >= 11 is 0. The van der Waals surface area contributed by atoms with Crippen molar-refractivity contribution in [3.63, 3.8) is 0 Å². The summed E-state index contributed by atoms with van der Waals surface area (Å²) in [6, 6.07) is 6.16. The second-order valence-electron chi connectivity index (χ2n) is 9.33. The Morgan fingerprint density at radius 3 is 2.59 bits per heavy atom. The maximum atomic E-state index is 12.7. The van der Waals surface area contributed by atoms with Crippen molar-refractivity contribution in [3.8, 4) is 0 Å². The normalized spacial score (nSPS) is 21.8. The summed E-state index contributed by atoms with van der Waals surface area (Å²) in [7, 11) is 0. The van der Waals surface area contributed by atoms with Gasteiger partial charge in [0, 0.05) is 11.8 Å². The van der Waals surface area contributed by atoms with Gasteiger partial charge in [-0.05, 0) is 50.7 Å². The van der Waals surface area contributed by atoms with Gasteiger partial charge in [-0.2, -0.15) is 4.98 Å². The van der Waals surface area contributed by atoms with Crippen LogP contribution in [0.2, 0.25) is 0 Å². The van der Waals surface area contributed by atoms with Crippen molar-refractivity contribution in [2.45, 2.75) is 83.2 Å². The molecule has 1 heterocycles. The minimum atomic E-state index is -0.00893. The molecule has 32 heavy (non-hydrogen) atoms. The van der Waals surface area contributed by atoms with E-state index in [1.54, 1.807) is 0 Å². The average molecular weight is 438 g/mol. The summed E-state index contributed by atoms with van der Waals surface area (Å²) in [4.78, 5) is 26.5.